The number of amides is 4. The number of aromatic amines is 2. The molecule has 0 saturated carbocycles. The van der Waals surface area contributed by atoms with Crippen LogP contribution in [-0.4, -0.2) is 77.2 Å². The van der Waals surface area contributed by atoms with Gasteiger partial charge in [0.1, 0.15) is 0 Å². The molecule has 3 aromatic heterocycles. The molecule has 5 heterocycles. The summed E-state index contributed by atoms with van der Waals surface area (Å²) in [5, 5.41) is 0. The molecule has 0 saturated heterocycles. The third-order valence-corrected chi connectivity index (χ3v) is 22.4. The zero-order chi connectivity index (χ0) is 64.9. The van der Waals surface area contributed by atoms with Crippen molar-refractivity contribution in [3.63, 3.8) is 0 Å². The standard InChI is InChI=1S/C64H66N8O12S4/c1-29-25-33(5)61(85(77,78)69-41(13)73)37(9)53(29)57-45-17-19-47(65-45)58(54-30(2)26-34(6)62(38(54)10)86(79,80)70-42(14)74)49-21-23-51(67-49)60(56-32(4)28-36(8)64(40(56)12)88(83,84)72-44(16)76)52-24-22-50(68-52)59(48-20-18-46(57)66-48)55-31(3)27-35(7)63(39(55)11)87(81,82)71-43(15)75/h17-28,65-66H,1-16H3,(H,69,73)(H,70,74)(H,71,75)(H,72,76). The summed E-state index contributed by atoms with van der Waals surface area (Å²) < 4.78 is 122. The van der Waals surface area contributed by atoms with Crippen LogP contribution in [0.25, 0.3) is 90.9 Å². The Balaban J connectivity index is 1.60. The number of aromatic nitrogens is 4. The Bertz CT molecular complexity index is 4870. The Morgan fingerprint density at radius 3 is 0.750 bits per heavy atom. The molecular formula is C64H66N8O12S4. The monoisotopic (exact) mass is 1270 g/mol. The summed E-state index contributed by atoms with van der Waals surface area (Å²) in [6, 6.07) is 13.9. The highest BCUT2D eigenvalue weighted by Gasteiger charge is 2.33. The highest BCUT2D eigenvalue weighted by molar-refractivity contribution is 7.91. The van der Waals surface area contributed by atoms with Crippen molar-refractivity contribution in [2.24, 2.45) is 0 Å². The number of fused-ring (bicyclic) bond motifs is 8. The summed E-state index contributed by atoms with van der Waals surface area (Å²) in [4.78, 5) is 67.4. The fourth-order valence-electron chi connectivity index (χ4n) is 13.1. The van der Waals surface area contributed by atoms with Crippen LogP contribution in [0.5, 0.6) is 0 Å². The number of hydrogen-bond acceptors (Lipinski definition) is 14. The lowest BCUT2D eigenvalue weighted by Crippen LogP contribution is -2.29. The minimum Gasteiger partial charge on any atom is -0.354 e. The number of H-pyrrole nitrogens is 2. The SMILES string of the molecule is CC(=O)NS(=O)(=O)c1c(C)cc(C)c(-c2c3nc(c(-c4c(C)cc(C)c(S(=O)(=O)NC(C)=O)c4C)c4ccc([nH]4)c(-c4c(C)cc(C)c(S(=O)(=O)NC(C)=O)c4C)c4ccc([nH]4)c(-c4c(C)cc(C)c(S(=O)(=O)NC(C)=O)c4C)c4nc2C=C4)C=C3)c1C. The van der Waals surface area contributed by atoms with Crippen LogP contribution in [0.2, 0.25) is 0 Å². The van der Waals surface area contributed by atoms with E-state index in [-0.39, 0.29) is 64.6 Å². The van der Waals surface area contributed by atoms with Gasteiger partial charge in [-0.25, -0.2) is 62.5 Å². The van der Waals surface area contributed by atoms with Gasteiger partial charge in [0.2, 0.25) is 23.6 Å². The number of rotatable bonds is 12. The molecule has 4 amide bonds. The van der Waals surface area contributed by atoms with Crippen molar-refractivity contribution in [2.75, 3.05) is 0 Å². The van der Waals surface area contributed by atoms with E-state index in [1.165, 1.54) is 0 Å². The van der Waals surface area contributed by atoms with E-state index in [4.69, 9.17) is 9.97 Å². The van der Waals surface area contributed by atoms with E-state index in [1.807, 2.05) is 20.8 Å². The van der Waals surface area contributed by atoms with Gasteiger partial charge in [-0.3, -0.25) is 19.2 Å². The summed E-state index contributed by atoms with van der Waals surface area (Å²) in [6.07, 6.45) is 6.89. The molecule has 7 aromatic rings. The van der Waals surface area contributed by atoms with E-state index in [2.05, 4.69) is 28.9 Å². The third-order valence-electron chi connectivity index (χ3n) is 15.5. The lowest BCUT2D eigenvalue weighted by molar-refractivity contribution is -0.118. The molecule has 8 bridgehead atoms. The molecule has 9 rings (SSSR count). The smallest absolute Gasteiger partial charge is 0.264 e. The quantitative estimate of drug-likeness (QED) is 0.0663. The number of sulfonamides is 4. The van der Waals surface area contributed by atoms with Crippen LogP contribution in [-0.2, 0) is 59.3 Å². The van der Waals surface area contributed by atoms with E-state index in [0.29, 0.717) is 111 Å². The molecule has 2 aliphatic rings. The maximum Gasteiger partial charge on any atom is 0.264 e. The first-order chi connectivity index (χ1) is 40.9. The topological polar surface area (TPSA) is 310 Å². The largest absolute Gasteiger partial charge is 0.354 e. The van der Waals surface area contributed by atoms with Crippen molar-refractivity contribution in [3.8, 4) is 44.5 Å². The Labute approximate surface area is 511 Å². The summed E-state index contributed by atoms with van der Waals surface area (Å²) >= 11 is 0. The number of carbonyl (C=O) groups is 4. The Hall–Kier alpha value is -8.84. The van der Waals surface area contributed by atoms with Gasteiger partial charge in [-0.05, 0) is 221 Å². The van der Waals surface area contributed by atoms with Crippen molar-refractivity contribution >= 4 is 110 Å². The van der Waals surface area contributed by atoms with E-state index in [1.54, 1.807) is 135 Å². The zero-order valence-electron chi connectivity index (χ0n) is 51.4. The Morgan fingerprint density at radius 1 is 0.307 bits per heavy atom. The van der Waals surface area contributed by atoms with Gasteiger partial charge in [0, 0.05) is 72.0 Å². The van der Waals surface area contributed by atoms with Crippen LogP contribution in [0.1, 0.15) is 117 Å². The molecule has 0 atom stereocenters. The Kier molecular flexibility index (Phi) is 16.4. The van der Waals surface area contributed by atoms with E-state index >= 15 is 0 Å². The van der Waals surface area contributed by atoms with Gasteiger partial charge in [-0.15, -0.1) is 0 Å². The number of aryl methyl sites for hydroxylation is 8. The number of nitrogens with zero attached hydrogens (tertiary/aromatic N) is 2. The summed E-state index contributed by atoms with van der Waals surface area (Å²) in [7, 11) is -18.0. The van der Waals surface area contributed by atoms with Crippen molar-refractivity contribution in [1.82, 2.24) is 38.8 Å². The minimum absolute atomic E-state index is 0.147. The first-order valence-corrected chi connectivity index (χ1v) is 33.6. The maximum absolute atomic E-state index is 14.2. The first-order valence-electron chi connectivity index (χ1n) is 27.6. The van der Waals surface area contributed by atoms with E-state index < -0.39 is 63.7 Å². The van der Waals surface area contributed by atoms with Gasteiger partial charge in [-0.1, -0.05) is 24.3 Å². The predicted molar refractivity (Wildman–Crippen MR) is 341 cm³/mol. The molecule has 0 aliphatic carbocycles. The van der Waals surface area contributed by atoms with Gasteiger partial charge < -0.3 is 9.97 Å². The van der Waals surface area contributed by atoms with Crippen LogP contribution >= 0.6 is 0 Å². The summed E-state index contributed by atoms with van der Waals surface area (Å²) in [6.45, 7) is 24.6. The molecular weight excluding hydrogens is 1200 g/mol. The van der Waals surface area contributed by atoms with Crippen LogP contribution in [0, 0.1) is 83.1 Å². The first kappa shape index (κ1) is 63.7. The average molecular weight is 1270 g/mol. The fourth-order valence-corrected chi connectivity index (χ4v) is 19.0. The van der Waals surface area contributed by atoms with Gasteiger partial charge in [-0.2, -0.15) is 0 Å². The number of nitrogens with one attached hydrogen (secondary N) is 6. The van der Waals surface area contributed by atoms with Crippen molar-refractivity contribution in [1.29, 1.82) is 0 Å². The van der Waals surface area contributed by atoms with Gasteiger partial charge in [0.15, 0.2) is 0 Å². The van der Waals surface area contributed by atoms with Crippen molar-refractivity contribution < 1.29 is 52.8 Å². The minimum atomic E-state index is -4.49. The lowest BCUT2D eigenvalue weighted by atomic mass is 9.91. The Morgan fingerprint density at radius 2 is 0.511 bits per heavy atom. The van der Waals surface area contributed by atoms with E-state index in [9.17, 15) is 52.8 Å². The molecule has 458 valence electrons. The molecule has 24 heteroatoms. The summed E-state index contributed by atoms with van der Waals surface area (Å²) in [5.41, 5.74) is 10.7. The molecule has 0 fully saturated rings. The predicted octanol–water partition coefficient (Wildman–Crippen LogP) is 10.3. The van der Waals surface area contributed by atoms with Crippen LogP contribution in [0.15, 0.2) is 68.1 Å². The average Bonchev–Trinajstić information content (AvgIpc) is 1.39. The van der Waals surface area contributed by atoms with Gasteiger partial charge >= 0.3 is 0 Å². The maximum atomic E-state index is 14.2. The highest BCUT2D eigenvalue weighted by Crippen LogP contribution is 2.46. The molecule has 0 unspecified atom stereocenters. The van der Waals surface area contributed by atoms with Crippen molar-refractivity contribution in [3.05, 3.63) is 138 Å². The molecule has 6 N–H and O–H groups in total. The lowest BCUT2D eigenvalue weighted by Gasteiger charge is -2.19. The van der Waals surface area contributed by atoms with Crippen LogP contribution in [0.3, 0.4) is 0 Å². The molecule has 0 radical (unpaired) electrons. The van der Waals surface area contributed by atoms with E-state index in [0.717, 1.165) is 27.7 Å². The fraction of sp³-hybridized carbons (Fsp3) is 0.250. The van der Waals surface area contributed by atoms with Gasteiger partial charge in [0.25, 0.3) is 40.1 Å². The number of carbonyl (C=O) groups excluding carboxylic acids is 4. The molecule has 88 heavy (non-hydrogen) atoms. The second-order valence-electron chi connectivity index (χ2n) is 22.5. The number of hydrogen-bond donors (Lipinski definition) is 6. The normalized spacial score (nSPS) is 12.5. The highest BCUT2D eigenvalue weighted by atomic mass is 32.2. The molecule has 2 aliphatic heterocycles. The van der Waals surface area contributed by atoms with Crippen LogP contribution < -0.4 is 18.9 Å². The van der Waals surface area contributed by atoms with Crippen molar-refractivity contribution in [2.45, 2.75) is 130 Å². The molecule has 0 spiro atoms. The number of benzene rings is 4. The molecule has 4 aromatic carbocycles. The second kappa shape index (κ2) is 22.7. The molecule has 20 nitrogen and oxygen atoms in total. The van der Waals surface area contributed by atoms with Crippen LogP contribution in [0.4, 0.5) is 0 Å². The summed E-state index contributed by atoms with van der Waals surface area (Å²) in [5.74, 6) is -3.24. The second-order valence-corrected chi connectivity index (χ2v) is 29.0. The third kappa shape index (κ3) is 11.3. The zero-order valence-corrected chi connectivity index (χ0v) is 54.6. The van der Waals surface area contributed by atoms with Gasteiger partial charge in [0.05, 0.1) is 42.4 Å².